The van der Waals surface area contributed by atoms with Crippen LogP contribution in [0.3, 0.4) is 0 Å². The van der Waals surface area contributed by atoms with Crippen LogP contribution in [-0.2, 0) is 14.2 Å². The van der Waals surface area contributed by atoms with Gasteiger partial charge in [0.15, 0.2) is 5.96 Å². The highest BCUT2D eigenvalue weighted by Crippen LogP contribution is 2.16. The molecule has 140 valence electrons. The summed E-state index contributed by atoms with van der Waals surface area (Å²) in [4.78, 5) is 7.15. The Labute approximate surface area is 146 Å². The predicted molar refractivity (Wildman–Crippen MR) is 96.6 cm³/mol. The normalized spacial score (nSPS) is 23.0. The average Bonchev–Trinajstić information content (AvgIpc) is 3.08. The third kappa shape index (κ3) is 6.95. The Bertz CT molecular complexity index is 359. The van der Waals surface area contributed by atoms with Gasteiger partial charge in [0.25, 0.3) is 0 Å². The quantitative estimate of drug-likeness (QED) is 0.394. The first-order valence-corrected chi connectivity index (χ1v) is 9.63. The molecule has 0 amide bonds. The van der Waals surface area contributed by atoms with Gasteiger partial charge in [-0.2, -0.15) is 0 Å². The van der Waals surface area contributed by atoms with Crippen molar-refractivity contribution in [2.45, 2.75) is 45.6 Å². The van der Waals surface area contributed by atoms with Crippen LogP contribution in [0.1, 0.15) is 39.5 Å². The van der Waals surface area contributed by atoms with Crippen molar-refractivity contribution in [3.05, 3.63) is 0 Å². The van der Waals surface area contributed by atoms with Gasteiger partial charge in [-0.25, -0.2) is 0 Å². The maximum Gasteiger partial charge on any atom is 0.193 e. The van der Waals surface area contributed by atoms with Crippen molar-refractivity contribution in [1.29, 1.82) is 0 Å². The minimum Gasteiger partial charge on any atom is -0.381 e. The van der Waals surface area contributed by atoms with Gasteiger partial charge in [0.2, 0.25) is 0 Å². The molecule has 0 aromatic heterocycles. The Morgan fingerprint density at radius 1 is 1.25 bits per heavy atom. The Morgan fingerprint density at radius 2 is 2.08 bits per heavy atom. The van der Waals surface area contributed by atoms with E-state index in [-0.39, 0.29) is 0 Å². The Kier molecular flexibility index (Phi) is 9.46. The molecule has 2 heterocycles. The zero-order chi connectivity index (χ0) is 17.0. The minimum absolute atomic E-state index is 0.383. The molecule has 0 radical (unpaired) electrons. The van der Waals surface area contributed by atoms with E-state index in [1.807, 2.05) is 0 Å². The lowest BCUT2D eigenvalue weighted by molar-refractivity contribution is -0.0318. The molecule has 0 saturated carbocycles. The predicted octanol–water partition coefficient (Wildman–Crippen LogP) is 1.90. The third-order valence-electron chi connectivity index (χ3n) is 4.56. The highest BCUT2D eigenvalue weighted by molar-refractivity contribution is 5.80. The van der Waals surface area contributed by atoms with Gasteiger partial charge < -0.3 is 24.4 Å². The van der Waals surface area contributed by atoms with Gasteiger partial charge in [0.1, 0.15) is 0 Å². The van der Waals surface area contributed by atoms with Crippen molar-refractivity contribution in [1.82, 2.24) is 10.2 Å². The lowest BCUT2D eigenvalue weighted by Crippen LogP contribution is -2.40. The topological polar surface area (TPSA) is 55.3 Å². The molecular formula is C18H35N3O3. The molecule has 0 bridgehead atoms. The van der Waals surface area contributed by atoms with Gasteiger partial charge in [-0.3, -0.25) is 4.99 Å². The van der Waals surface area contributed by atoms with Crippen LogP contribution in [0, 0.1) is 5.92 Å². The molecule has 0 aromatic rings. The molecule has 0 spiro atoms. The highest BCUT2D eigenvalue weighted by atomic mass is 16.5. The summed E-state index contributed by atoms with van der Waals surface area (Å²) >= 11 is 0. The Morgan fingerprint density at radius 3 is 2.83 bits per heavy atom. The fourth-order valence-electron chi connectivity index (χ4n) is 3.21. The molecule has 6 heteroatoms. The zero-order valence-corrected chi connectivity index (χ0v) is 15.5. The van der Waals surface area contributed by atoms with E-state index in [2.05, 4.69) is 24.1 Å². The molecule has 2 saturated heterocycles. The largest absolute Gasteiger partial charge is 0.381 e. The summed E-state index contributed by atoms with van der Waals surface area (Å²) < 4.78 is 16.8. The van der Waals surface area contributed by atoms with Crippen LogP contribution in [-0.4, -0.2) is 76.2 Å². The van der Waals surface area contributed by atoms with Gasteiger partial charge in [0, 0.05) is 58.5 Å². The van der Waals surface area contributed by atoms with E-state index in [4.69, 9.17) is 19.2 Å². The van der Waals surface area contributed by atoms with Crippen molar-refractivity contribution >= 4 is 5.96 Å². The summed E-state index contributed by atoms with van der Waals surface area (Å²) in [5.74, 6) is 1.67. The number of likely N-dealkylation sites (tertiary alicyclic amines) is 1. The second-order valence-corrected chi connectivity index (χ2v) is 6.53. The van der Waals surface area contributed by atoms with E-state index in [1.54, 1.807) is 0 Å². The second-order valence-electron chi connectivity index (χ2n) is 6.53. The van der Waals surface area contributed by atoms with Crippen LogP contribution in [0.2, 0.25) is 0 Å². The average molecular weight is 341 g/mol. The van der Waals surface area contributed by atoms with Gasteiger partial charge in [-0.15, -0.1) is 0 Å². The molecule has 2 rings (SSSR count). The zero-order valence-electron chi connectivity index (χ0n) is 15.5. The summed E-state index contributed by atoms with van der Waals surface area (Å²) in [6.45, 7) is 12.2. The number of rotatable bonds is 9. The first kappa shape index (κ1) is 19.5. The molecule has 0 aromatic carbocycles. The third-order valence-corrected chi connectivity index (χ3v) is 4.56. The summed E-state index contributed by atoms with van der Waals surface area (Å²) in [7, 11) is 0. The van der Waals surface area contributed by atoms with Crippen molar-refractivity contribution < 1.29 is 14.2 Å². The summed E-state index contributed by atoms with van der Waals surface area (Å²) in [6.07, 6.45) is 4.61. The molecule has 24 heavy (non-hydrogen) atoms. The fourth-order valence-corrected chi connectivity index (χ4v) is 3.21. The van der Waals surface area contributed by atoms with Gasteiger partial charge >= 0.3 is 0 Å². The Balaban J connectivity index is 1.66. The standard InChI is InChI=1S/C18H35N3O3/c1-3-19-18(21-10-6-16(14-21)15-22-4-2)20-9-5-11-24-17-7-12-23-13-8-17/h16-17H,3-15H2,1-2H3,(H,19,20). The van der Waals surface area contributed by atoms with Crippen LogP contribution in [0.25, 0.3) is 0 Å². The van der Waals surface area contributed by atoms with E-state index in [0.29, 0.717) is 12.0 Å². The number of nitrogens with zero attached hydrogens (tertiary/aromatic N) is 2. The summed E-state index contributed by atoms with van der Waals surface area (Å²) in [6, 6.07) is 0. The van der Waals surface area contributed by atoms with Crippen molar-refractivity contribution in [3.8, 4) is 0 Å². The number of guanidine groups is 1. The molecule has 1 N–H and O–H groups in total. The number of aliphatic imine (C=N–C) groups is 1. The van der Waals surface area contributed by atoms with E-state index in [0.717, 1.165) is 84.4 Å². The maximum atomic E-state index is 5.91. The van der Waals surface area contributed by atoms with Crippen molar-refractivity contribution in [2.75, 3.05) is 59.2 Å². The second kappa shape index (κ2) is 11.7. The SMILES string of the molecule is CCNC(=NCCCOC1CCOCC1)N1CCC(COCC)C1. The molecule has 2 fully saturated rings. The van der Waals surface area contributed by atoms with E-state index in [1.165, 1.54) is 6.42 Å². The van der Waals surface area contributed by atoms with Crippen LogP contribution < -0.4 is 5.32 Å². The number of ether oxygens (including phenoxy) is 3. The number of hydrogen-bond donors (Lipinski definition) is 1. The summed E-state index contributed by atoms with van der Waals surface area (Å²) in [5, 5.41) is 3.42. The highest BCUT2D eigenvalue weighted by Gasteiger charge is 2.24. The lowest BCUT2D eigenvalue weighted by Gasteiger charge is -2.23. The minimum atomic E-state index is 0.383. The molecule has 6 nitrogen and oxygen atoms in total. The van der Waals surface area contributed by atoms with Crippen LogP contribution in [0.4, 0.5) is 0 Å². The van der Waals surface area contributed by atoms with E-state index in [9.17, 15) is 0 Å². The summed E-state index contributed by atoms with van der Waals surface area (Å²) in [5.41, 5.74) is 0. The Hall–Kier alpha value is -0.850. The van der Waals surface area contributed by atoms with E-state index < -0.39 is 0 Å². The van der Waals surface area contributed by atoms with Crippen LogP contribution in [0.15, 0.2) is 4.99 Å². The smallest absolute Gasteiger partial charge is 0.193 e. The number of hydrogen-bond acceptors (Lipinski definition) is 4. The molecule has 2 aliphatic heterocycles. The molecule has 0 aliphatic carbocycles. The van der Waals surface area contributed by atoms with Crippen LogP contribution in [0.5, 0.6) is 0 Å². The molecule has 2 aliphatic rings. The van der Waals surface area contributed by atoms with Gasteiger partial charge in [-0.05, 0) is 39.5 Å². The molecular weight excluding hydrogens is 306 g/mol. The van der Waals surface area contributed by atoms with Crippen LogP contribution >= 0.6 is 0 Å². The van der Waals surface area contributed by atoms with E-state index >= 15 is 0 Å². The van der Waals surface area contributed by atoms with Gasteiger partial charge in [-0.1, -0.05) is 0 Å². The van der Waals surface area contributed by atoms with Gasteiger partial charge in [0.05, 0.1) is 12.7 Å². The fraction of sp³-hybridized carbons (Fsp3) is 0.944. The number of nitrogens with one attached hydrogen (secondary N) is 1. The molecule has 1 unspecified atom stereocenters. The lowest BCUT2D eigenvalue weighted by atomic mass is 10.1. The maximum absolute atomic E-state index is 5.91. The van der Waals surface area contributed by atoms with Crippen molar-refractivity contribution in [3.63, 3.8) is 0 Å². The first-order chi connectivity index (χ1) is 11.8. The van der Waals surface area contributed by atoms with Crippen molar-refractivity contribution in [2.24, 2.45) is 10.9 Å². The monoisotopic (exact) mass is 341 g/mol. The first-order valence-electron chi connectivity index (χ1n) is 9.63. The molecule has 1 atom stereocenters.